The highest BCUT2D eigenvalue weighted by Gasteiger charge is 2.35. The number of hydrogen-bond donors (Lipinski definition) is 1. The lowest BCUT2D eigenvalue weighted by Crippen LogP contribution is -2.39. The Balaban J connectivity index is 2.16. The van der Waals surface area contributed by atoms with Crippen LogP contribution in [0.3, 0.4) is 0 Å². The summed E-state index contributed by atoms with van der Waals surface area (Å²) in [6.07, 6.45) is 2.58. The summed E-state index contributed by atoms with van der Waals surface area (Å²) < 4.78 is 28.9. The van der Waals surface area contributed by atoms with Crippen molar-refractivity contribution in [3.05, 3.63) is 34.1 Å². The average Bonchev–Trinajstić information content (AvgIpc) is 2.22. The highest BCUT2D eigenvalue weighted by Crippen LogP contribution is 2.35. The third-order valence-electron chi connectivity index (χ3n) is 3.34. The van der Waals surface area contributed by atoms with Crippen LogP contribution in [0.25, 0.3) is 0 Å². The summed E-state index contributed by atoms with van der Waals surface area (Å²) in [5, 5.41) is 0. The van der Waals surface area contributed by atoms with Gasteiger partial charge in [0.05, 0.1) is 0 Å². The molecular formula is C13H16BrF2N. The van der Waals surface area contributed by atoms with E-state index in [0.29, 0.717) is 18.4 Å². The summed E-state index contributed by atoms with van der Waals surface area (Å²) in [4.78, 5) is 0. The Morgan fingerprint density at radius 2 is 2.24 bits per heavy atom. The first-order valence-corrected chi connectivity index (χ1v) is 6.66. The van der Waals surface area contributed by atoms with Crippen LogP contribution in [0.15, 0.2) is 22.7 Å². The SMILES string of the molecule is NC1CCCC(F)(Cc2cc(Br)ccc2F)C1. The number of rotatable bonds is 2. The minimum Gasteiger partial charge on any atom is -0.328 e. The first kappa shape index (κ1) is 13.0. The second-order valence-corrected chi connectivity index (χ2v) is 5.84. The molecule has 0 spiro atoms. The van der Waals surface area contributed by atoms with Crippen LogP contribution in [0.2, 0.25) is 0 Å². The van der Waals surface area contributed by atoms with Crippen molar-refractivity contribution in [2.24, 2.45) is 5.73 Å². The topological polar surface area (TPSA) is 26.0 Å². The van der Waals surface area contributed by atoms with Crippen LogP contribution >= 0.6 is 15.9 Å². The van der Waals surface area contributed by atoms with Crippen LogP contribution < -0.4 is 5.73 Å². The lowest BCUT2D eigenvalue weighted by atomic mass is 9.80. The van der Waals surface area contributed by atoms with Crippen molar-refractivity contribution in [3.8, 4) is 0 Å². The molecule has 0 radical (unpaired) electrons. The van der Waals surface area contributed by atoms with Crippen LogP contribution in [0.4, 0.5) is 8.78 Å². The second-order valence-electron chi connectivity index (χ2n) is 4.92. The number of nitrogens with two attached hydrogens (primary N) is 1. The van der Waals surface area contributed by atoms with Gasteiger partial charge in [-0.05, 0) is 49.4 Å². The van der Waals surface area contributed by atoms with E-state index in [9.17, 15) is 8.78 Å². The van der Waals surface area contributed by atoms with Gasteiger partial charge < -0.3 is 5.73 Å². The molecule has 0 heterocycles. The molecule has 0 amide bonds. The summed E-state index contributed by atoms with van der Waals surface area (Å²) in [7, 11) is 0. The molecule has 4 heteroatoms. The van der Waals surface area contributed by atoms with Gasteiger partial charge in [-0.15, -0.1) is 0 Å². The first-order chi connectivity index (χ1) is 7.98. The van der Waals surface area contributed by atoms with Gasteiger partial charge in [-0.3, -0.25) is 0 Å². The van der Waals surface area contributed by atoms with Crippen LogP contribution in [0, 0.1) is 5.82 Å². The number of alkyl halides is 1. The molecule has 0 bridgehead atoms. The maximum atomic E-state index is 14.6. The Bertz CT molecular complexity index is 410. The molecule has 94 valence electrons. The average molecular weight is 304 g/mol. The van der Waals surface area contributed by atoms with E-state index in [4.69, 9.17) is 5.73 Å². The summed E-state index contributed by atoms with van der Waals surface area (Å²) in [6, 6.07) is 4.54. The predicted octanol–water partition coefficient (Wildman–Crippen LogP) is 3.74. The summed E-state index contributed by atoms with van der Waals surface area (Å²) >= 11 is 3.28. The van der Waals surface area contributed by atoms with Gasteiger partial charge in [0.25, 0.3) is 0 Å². The maximum absolute atomic E-state index is 14.6. The molecular weight excluding hydrogens is 288 g/mol. The molecule has 2 unspecified atom stereocenters. The van der Waals surface area contributed by atoms with Gasteiger partial charge in [0, 0.05) is 16.9 Å². The standard InChI is InChI=1S/C13H16BrF2N/c14-10-3-4-12(15)9(6-10)7-13(16)5-1-2-11(17)8-13/h3-4,6,11H,1-2,5,7-8,17H2. The number of halogens is 3. The lowest BCUT2D eigenvalue weighted by molar-refractivity contribution is 0.0954. The van der Waals surface area contributed by atoms with Crippen molar-refractivity contribution >= 4 is 15.9 Å². The molecule has 1 aromatic rings. The number of hydrogen-bond acceptors (Lipinski definition) is 1. The Kier molecular flexibility index (Phi) is 3.83. The molecule has 1 nitrogen and oxygen atoms in total. The van der Waals surface area contributed by atoms with Crippen LogP contribution in [0.1, 0.15) is 31.2 Å². The Morgan fingerprint density at radius 1 is 1.47 bits per heavy atom. The highest BCUT2D eigenvalue weighted by atomic mass is 79.9. The van der Waals surface area contributed by atoms with E-state index in [1.165, 1.54) is 6.07 Å². The largest absolute Gasteiger partial charge is 0.328 e. The van der Waals surface area contributed by atoms with Crippen molar-refractivity contribution in [1.29, 1.82) is 0 Å². The summed E-state index contributed by atoms with van der Waals surface area (Å²) in [6.45, 7) is 0. The molecule has 1 saturated carbocycles. The van der Waals surface area contributed by atoms with Crippen molar-refractivity contribution in [1.82, 2.24) is 0 Å². The van der Waals surface area contributed by atoms with E-state index in [1.807, 2.05) is 0 Å². The smallest absolute Gasteiger partial charge is 0.126 e. The molecule has 17 heavy (non-hydrogen) atoms. The maximum Gasteiger partial charge on any atom is 0.126 e. The van der Waals surface area contributed by atoms with E-state index in [-0.39, 0.29) is 18.3 Å². The van der Waals surface area contributed by atoms with Crippen molar-refractivity contribution in [3.63, 3.8) is 0 Å². The lowest BCUT2D eigenvalue weighted by Gasteiger charge is -2.33. The molecule has 2 rings (SSSR count). The molecule has 1 fully saturated rings. The summed E-state index contributed by atoms with van der Waals surface area (Å²) in [5.41, 5.74) is 4.87. The number of benzene rings is 1. The zero-order valence-electron chi connectivity index (χ0n) is 9.56. The van der Waals surface area contributed by atoms with E-state index in [2.05, 4.69) is 15.9 Å². The van der Waals surface area contributed by atoms with E-state index in [1.54, 1.807) is 12.1 Å². The zero-order valence-corrected chi connectivity index (χ0v) is 11.1. The fourth-order valence-corrected chi connectivity index (χ4v) is 2.94. The molecule has 0 saturated heterocycles. The van der Waals surface area contributed by atoms with E-state index in [0.717, 1.165) is 17.3 Å². The van der Waals surface area contributed by atoms with Gasteiger partial charge in [0.15, 0.2) is 0 Å². The minimum absolute atomic E-state index is 0.0936. The Hall–Kier alpha value is -0.480. The minimum atomic E-state index is -1.35. The van der Waals surface area contributed by atoms with E-state index < -0.39 is 5.67 Å². The molecule has 2 atom stereocenters. The Morgan fingerprint density at radius 3 is 2.94 bits per heavy atom. The molecule has 1 aliphatic carbocycles. The molecule has 0 aromatic heterocycles. The van der Waals surface area contributed by atoms with Gasteiger partial charge in [-0.2, -0.15) is 0 Å². The third kappa shape index (κ3) is 3.26. The second kappa shape index (κ2) is 5.02. The molecule has 1 aliphatic rings. The van der Waals surface area contributed by atoms with Gasteiger partial charge in [0.2, 0.25) is 0 Å². The van der Waals surface area contributed by atoms with Gasteiger partial charge in [-0.1, -0.05) is 15.9 Å². The molecule has 0 aliphatic heterocycles. The Labute approximate surface area is 109 Å². The molecule has 2 N–H and O–H groups in total. The van der Waals surface area contributed by atoms with Crippen LogP contribution in [-0.4, -0.2) is 11.7 Å². The predicted molar refractivity (Wildman–Crippen MR) is 68.1 cm³/mol. The zero-order chi connectivity index (χ0) is 12.5. The highest BCUT2D eigenvalue weighted by molar-refractivity contribution is 9.10. The van der Waals surface area contributed by atoms with Crippen molar-refractivity contribution in [2.75, 3.05) is 0 Å². The van der Waals surface area contributed by atoms with Crippen molar-refractivity contribution in [2.45, 2.75) is 43.8 Å². The van der Waals surface area contributed by atoms with Gasteiger partial charge in [0.1, 0.15) is 11.5 Å². The van der Waals surface area contributed by atoms with Crippen LogP contribution in [-0.2, 0) is 6.42 Å². The fourth-order valence-electron chi connectivity index (χ4n) is 2.54. The quantitative estimate of drug-likeness (QED) is 0.885. The normalized spacial score (nSPS) is 29.3. The van der Waals surface area contributed by atoms with Gasteiger partial charge >= 0.3 is 0 Å². The fraction of sp³-hybridized carbons (Fsp3) is 0.538. The first-order valence-electron chi connectivity index (χ1n) is 5.87. The van der Waals surface area contributed by atoms with Crippen molar-refractivity contribution < 1.29 is 8.78 Å². The van der Waals surface area contributed by atoms with E-state index >= 15 is 0 Å². The van der Waals surface area contributed by atoms with Gasteiger partial charge in [-0.25, -0.2) is 8.78 Å². The monoisotopic (exact) mass is 303 g/mol. The molecule has 1 aromatic carbocycles. The van der Waals surface area contributed by atoms with Crippen LogP contribution in [0.5, 0.6) is 0 Å². The third-order valence-corrected chi connectivity index (χ3v) is 3.84. The summed E-state index contributed by atoms with van der Waals surface area (Å²) in [5.74, 6) is -0.343.